The first-order valence-electron chi connectivity index (χ1n) is 6.50. The number of hydrogen-bond donors (Lipinski definition) is 2. The SMILES string of the molecule is Cc1ccc(C)c(Cn2cc(CNC(=O)CN)nn2)c1. The fraction of sp³-hybridized carbons (Fsp3) is 0.357. The summed E-state index contributed by atoms with van der Waals surface area (Å²) in [5.74, 6) is -0.200. The van der Waals surface area contributed by atoms with Crippen LogP contribution in [0.4, 0.5) is 0 Å². The summed E-state index contributed by atoms with van der Waals surface area (Å²) in [6, 6.07) is 6.34. The first-order valence-corrected chi connectivity index (χ1v) is 6.50. The predicted octanol–water partition coefficient (Wildman–Crippen LogP) is 0.518. The Morgan fingerprint density at radius 3 is 2.95 bits per heavy atom. The van der Waals surface area contributed by atoms with Crippen LogP contribution < -0.4 is 11.1 Å². The standard InChI is InChI=1S/C14H19N5O/c1-10-3-4-11(2)12(5-10)8-19-9-13(17-18-19)7-16-14(20)6-15/h3-5,9H,6-8,15H2,1-2H3,(H,16,20). The molecule has 2 rings (SSSR count). The molecule has 0 saturated carbocycles. The molecule has 0 radical (unpaired) electrons. The molecule has 20 heavy (non-hydrogen) atoms. The van der Waals surface area contributed by atoms with Gasteiger partial charge in [0.15, 0.2) is 0 Å². The number of amides is 1. The third-order valence-electron chi connectivity index (χ3n) is 3.08. The van der Waals surface area contributed by atoms with E-state index < -0.39 is 0 Å². The van der Waals surface area contributed by atoms with Crippen LogP contribution in [0.1, 0.15) is 22.4 Å². The van der Waals surface area contributed by atoms with E-state index >= 15 is 0 Å². The highest BCUT2D eigenvalue weighted by Crippen LogP contribution is 2.12. The normalized spacial score (nSPS) is 10.6. The summed E-state index contributed by atoms with van der Waals surface area (Å²) in [4.78, 5) is 11.1. The van der Waals surface area contributed by atoms with Gasteiger partial charge in [-0.1, -0.05) is 29.0 Å². The monoisotopic (exact) mass is 273 g/mol. The molecule has 1 heterocycles. The van der Waals surface area contributed by atoms with E-state index in [0.717, 1.165) is 5.69 Å². The Balaban J connectivity index is 2.02. The molecular formula is C14H19N5O. The molecule has 0 saturated heterocycles. The van der Waals surface area contributed by atoms with Crippen molar-refractivity contribution in [1.82, 2.24) is 20.3 Å². The molecule has 0 aliphatic rings. The Morgan fingerprint density at radius 1 is 1.40 bits per heavy atom. The molecule has 0 unspecified atom stereocenters. The second kappa shape index (κ2) is 6.29. The predicted molar refractivity (Wildman–Crippen MR) is 75.9 cm³/mol. The maximum absolute atomic E-state index is 11.1. The van der Waals surface area contributed by atoms with Gasteiger partial charge in [-0.3, -0.25) is 4.79 Å². The van der Waals surface area contributed by atoms with Crippen molar-refractivity contribution in [3.63, 3.8) is 0 Å². The van der Waals surface area contributed by atoms with Crippen LogP contribution in [0, 0.1) is 13.8 Å². The second-order valence-corrected chi connectivity index (χ2v) is 4.82. The maximum atomic E-state index is 11.1. The van der Waals surface area contributed by atoms with Gasteiger partial charge < -0.3 is 11.1 Å². The molecule has 3 N–H and O–H groups in total. The van der Waals surface area contributed by atoms with Crippen molar-refractivity contribution in [2.75, 3.05) is 6.54 Å². The molecule has 0 aliphatic heterocycles. The number of nitrogens with zero attached hydrogens (tertiary/aromatic N) is 3. The molecule has 2 aromatic rings. The van der Waals surface area contributed by atoms with Gasteiger partial charge >= 0.3 is 0 Å². The Bertz CT molecular complexity index is 605. The number of carbonyl (C=O) groups is 1. The average Bonchev–Trinajstić information content (AvgIpc) is 2.88. The lowest BCUT2D eigenvalue weighted by molar-refractivity contribution is -0.119. The minimum Gasteiger partial charge on any atom is -0.349 e. The Kier molecular flexibility index (Phi) is 4.47. The molecule has 6 nitrogen and oxygen atoms in total. The summed E-state index contributed by atoms with van der Waals surface area (Å²) >= 11 is 0. The second-order valence-electron chi connectivity index (χ2n) is 4.82. The van der Waals surface area contributed by atoms with Gasteiger partial charge in [0, 0.05) is 0 Å². The summed E-state index contributed by atoms with van der Waals surface area (Å²) in [6.45, 7) is 5.15. The van der Waals surface area contributed by atoms with E-state index in [0.29, 0.717) is 13.1 Å². The first kappa shape index (κ1) is 14.2. The van der Waals surface area contributed by atoms with Crippen molar-refractivity contribution in [3.05, 3.63) is 46.8 Å². The molecule has 106 valence electrons. The van der Waals surface area contributed by atoms with E-state index in [-0.39, 0.29) is 12.5 Å². The van der Waals surface area contributed by atoms with E-state index in [9.17, 15) is 4.79 Å². The van der Waals surface area contributed by atoms with Crippen LogP contribution in [0.15, 0.2) is 24.4 Å². The summed E-state index contributed by atoms with van der Waals surface area (Å²) in [5.41, 5.74) is 9.61. The quantitative estimate of drug-likeness (QED) is 0.831. The van der Waals surface area contributed by atoms with Crippen LogP contribution in [-0.2, 0) is 17.9 Å². The zero-order valence-corrected chi connectivity index (χ0v) is 11.8. The number of carbonyl (C=O) groups excluding carboxylic acids is 1. The fourth-order valence-electron chi connectivity index (χ4n) is 1.90. The van der Waals surface area contributed by atoms with Crippen molar-refractivity contribution in [1.29, 1.82) is 0 Å². The Labute approximate surface area is 118 Å². The largest absolute Gasteiger partial charge is 0.349 e. The zero-order valence-electron chi connectivity index (χ0n) is 11.8. The van der Waals surface area contributed by atoms with Gasteiger partial charge in [0.05, 0.1) is 25.8 Å². The molecular weight excluding hydrogens is 254 g/mol. The molecule has 0 bridgehead atoms. The maximum Gasteiger partial charge on any atom is 0.234 e. The van der Waals surface area contributed by atoms with E-state index in [4.69, 9.17) is 5.73 Å². The van der Waals surface area contributed by atoms with Crippen LogP contribution in [0.2, 0.25) is 0 Å². The highest BCUT2D eigenvalue weighted by atomic mass is 16.1. The van der Waals surface area contributed by atoms with Crippen LogP contribution in [0.5, 0.6) is 0 Å². The lowest BCUT2D eigenvalue weighted by atomic mass is 10.1. The minimum atomic E-state index is -0.200. The van der Waals surface area contributed by atoms with Gasteiger partial charge in [0.1, 0.15) is 5.69 Å². The van der Waals surface area contributed by atoms with Crippen molar-refractivity contribution >= 4 is 5.91 Å². The number of aryl methyl sites for hydroxylation is 2. The molecule has 6 heteroatoms. The highest BCUT2D eigenvalue weighted by Gasteiger charge is 2.05. The number of hydrogen-bond acceptors (Lipinski definition) is 4. The average molecular weight is 273 g/mol. The third-order valence-corrected chi connectivity index (χ3v) is 3.08. The molecule has 0 aliphatic carbocycles. The van der Waals surface area contributed by atoms with Crippen LogP contribution in [0.25, 0.3) is 0 Å². The summed E-state index contributed by atoms with van der Waals surface area (Å²) in [5, 5.41) is 10.8. The zero-order chi connectivity index (χ0) is 14.5. The van der Waals surface area contributed by atoms with E-state index in [2.05, 4.69) is 47.7 Å². The summed E-state index contributed by atoms with van der Waals surface area (Å²) in [6.07, 6.45) is 1.83. The number of rotatable bonds is 5. The molecule has 0 spiro atoms. The molecule has 0 atom stereocenters. The lowest BCUT2D eigenvalue weighted by Crippen LogP contribution is -2.29. The van der Waals surface area contributed by atoms with Crippen molar-refractivity contribution in [2.45, 2.75) is 26.9 Å². The van der Waals surface area contributed by atoms with E-state index in [1.54, 1.807) is 4.68 Å². The molecule has 1 amide bonds. The van der Waals surface area contributed by atoms with Gasteiger partial charge in [-0.2, -0.15) is 0 Å². The topological polar surface area (TPSA) is 85.8 Å². The number of aromatic nitrogens is 3. The van der Waals surface area contributed by atoms with Crippen LogP contribution >= 0.6 is 0 Å². The Morgan fingerprint density at radius 2 is 2.20 bits per heavy atom. The smallest absolute Gasteiger partial charge is 0.234 e. The summed E-state index contributed by atoms with van der Waals surface area (Å²) in [7, 11) is 0. The number of benzene rings is 1. The highest BCUT2D eigenvalue weighted by molar-refractivity contribution is 5.77. The van der Waals surface area contributed by atoms with Crippen LogP contribution in [0.3, 0.4) is 0 Å². The van der Waals surface area contributed by atoms with E-state index in [1.807, 2.05) is 6.20 Å². The van der Waals surface area contributed by atoms with Crippen molar-refractivity contribution < 1.29 is 4.79 Å². The lowest BCUT2D eigenvalue weighted by Gasteiger charge is -2.06. The van der Waals surface area contributed by atoms with E-state index in [1.165, 1.54) is 16.7 Å². The van der Waals surface area contributed by atoms with Gasteiger partial charge in [-0.15, -0.1) is 5.10 Å². The van der Waals surface area contributed by atoms with Crippen LogP contribution in [-0.4, -0.2) is 27.4 Å². The van der Waals surface area contributed by atoms with Gasteiger partial charge in [0.25, 0.3) is 0 Å². The summed E-state index contributed by atoms with van der Waals surface area (Å²) < 4.78 is 1.77. The molecule has 1 aromatic carbocycles. The number of nitrogens with two attached hydrogens (primary N) is 1. The first-order chi connectivity index (χ1) is 9.58. The van der Waals surface area contributed by atoms with Crippen molar-refractivity contribution in [2.24, 2.45) is 5.73 Å². The number of nitrogens with one attached hydrogen (secondary N) is 1. The van der Waals surface area contributed by atoms with Gasteiger partial charge in [-0.05, 0) is 25.0 Å². The Hall–Kier alpha value is -2.21. The third kappa shape index (κ3) is 3.64. The van der Waals surface area contributed by atoms with Gasteiger partial charge in [-0.25, -0.2) is 4.68 Å². The fourth-order valence-corrected chi connectivity index (χ4v) is 1.90. The minimum absolute atomic E-state index is 0.0172. The van der Waals surface area contributed by atoms with Gasteiger partial charge in [0.2, 0.25) is 5.91 Å². The molecule has 0 fully saturated rings. The molecule has 1 aromatic heterocycles. The van der Waals surface area contributed by atoms with Crippen molar-refractivity contribution in [3.8, 4) is 0 Å².